The summed E-state index contributed by atoms with van der Waals surface area (Å²) in [6.07, 6.45) is 3.98. The average molecular weight is 392 g/mol. The number of hydrogen-bond donors (Lipinski definition) is 0. The fourth-order valence-electron chi connectivity index (χ4n) is 3.59. The molecule has 4 heteroatoms. The van der Waals surface area contributed by atoms with Gasteiger partial charge < -0.3 is 9.30 Å². The number of benzene rings is 3. The molecule has 0 unspecified atom stereocenters. The van der Waals surface area contributed by atoms with Gasteiger partial charge in [-0.2, -0.15) is 5.26 Å². The van der Waals surface area contributed by atoms with E-state index in [-0.39, 0.29) is 5.97 Å². The zero-order valence-electron chi connectivity index (χ0n) is 16.6. The van der Waals surface area contributed by atoms with Crippen LogP contribution in [0.3, 0.4) is 0 Å². The number of aromatic nitrogens is 1. The highest BCUT2D eigenvalue weighted by Gasteiger charge is 2.11. The van der Waals surface area contributed by atoms with Gasteiger partial charge in [-0.05, 0) is 35.4 Å². The van der Waals surface area contributed by atoms with Gasteiger partial charge in [0.25, 0.3) is 0 Å². The van der Waals surface area contributed by atoms with Crippen LogP contribution in [-0.2, 0) is 11.3 Å². The van der Waals surface area contributed by atoms with Crippen molar-refractivity contribution >= 4 is 28.5 Å². The first kappa shape index (κ1) is 19.2. The van der Waals surface area contributed by atoms with Crippen molar-refractivity contribution in [1.82, 2.24) is 4.57 Å². The molecule has 0 amide bonds. The summed E-state index contributed by atoms with van der Waals surface area (Å²) in [7, 11) is 1.38. The summed E-state index contributed by atoms with van der Waals surface area (Å²) in [6.45, 7) is 0.604. The second-order valence-corrected chi connectivity index (χ2v) is 6.96. The van der Waals surface area contributed by atoms with Crippen LogP contribution in [-0.4, -0.2) is 17.6 Å². The lowest BCUT2D eigenvalue weighted by molar-refractivity contribution is 0.0600. The molecule has 0 fully saturated rings. The Kier molecular flexibility index (Phi) is 5.45. The Labute approximate surface area is 175 Å². The molecule has 0 atom stereocenters. The minimum atomic E-state index is -0.348. The average Bonchev–Trinajstić information content (AvgIpc) is 3.14. The molecule has 0 spiro atoms. The SMILES string of the molecule is COC(=O)c1cccc(Cn2cc(/C=C(\C#N)c3ccccc3)c3ccccc32)c1. The third-order valence-electron chi connectivity index (χ3n) is 5.03. The van der Waals surface area contributed by atoms with Crippen LogP contribution in [0.1, 0.15) is 27.0 Å². The van der Waals surface area contributed by atoms with E-state index in [2.05, 4.69) is 29.0 Å². The third kappa shape index (κ3) is 3.87. The van der Waals surface area contributed by atoms with Crippen LogP contribution in [0, 0.1) is 11.3 Å². The molecule has 0 saturated carbocycles. The van der Waals surface area contributed by atoms with Gasteiger partial charge in [0.05, 0.1) is 24.3 Å². The highest BCUT2D eigenvalue weighted by Crippen LogP contribution is 2.27. The summed E-state index contributed by atoms with van der Waals surface area (Å²) in [5, 5.41) is 10.8. The number of carbonyl (C=O) groups is 1. The Morgan fingerprint density at radius 2 is 1.73 bits per heavy atom. The molecular weight excluding hydrogens is 372 g/mol. The van der Waals surface area contributed by atoms with E-state index in [9.17, 15) is 10.1 Å². The predicted molar refractivity (Wildman–Crippen MR) is 119 cm³/mol. The van der Waals surface area contributed by atoms with Gasteiger partial charge in [-0.25, -0.2) is 4.79 Å². The van der Waals surface area contributed by atoms with E-state index in [0.717, 1.165) is 27.6 Å². The first-order valence-electron chi connectivity index (χ1n) is 9.62. The first-order chi connectivity index (χ1) is 14.7. The molecule has 1 heterocycles. The summed E-state index contributed by atoms with van der Waals surface area (Å²) >= 11 is 0. The summed E-state index contributed by atoms with van der Waals surface area (Å²) in [4.78, 5) is 11.9. The third-order valence-corrected chi connectivity index (χ3v) is 5.03. The minimum Gasteiger partial charge on any atom is -0.465 e. The fraction of sp³-hybridized carbons (Fsp3) is 0.0769. The summed E-state index contributed by atoms with van der Waals surface area (Å²) in [5.41, 5.74) is 5.08. The summed E-state index contributed by atoms with van der Waals surface area (Å²) in [5.74, 6) is -0.348. The van der Waals surface area contributed by atoms with E-state index < -0.39 is 0 Å². The molecule has 30 heavy (non-hydrogen) atoms. The Morgan fingerprint density at radius 1 is 1.00 bits per heavy atom. The zero-order chi connectivity index (χ0) is 20.9. The number of esters is 1. The highest BCUT2D eigenvalue weighted by molar-refractivity contribution is 5.98. The molecular formula is C26H20N2O2. The molecule has 1 aromatic heterocycles. The highest BCUT2D eigenvalue weighted by atomic mass is 16.5. The first-order valence-corrected chi connectivity index (χ1v) is 9.62. The molecule has 0 radical (unpaired) electrons. The largest absolute Gasteiger partial charge is 0.465 e. The van der Waals surface area contributed by atoms with Gasteiger partial charge >= 0.3 is 5.97 Å². The minimum absolute atomic E-state index is 0.348. The second kappa shape index (κ2) is 8.50. The van der Waals surface area contributed by atoms with Gasteiger partial charge in [-0.1, -0.05) is 60.7 Å². The molecule has 0 aliphatic heterocycles. The monoisotopic (exact) mass is 392 g/mol. The summed E-state index contributed by atoms with van der Waals surface area (Å²) in [6, 6.07) is 27.5. The Bertz CT molecular complexity index is 1280. The number of para-hydroxylation sites is 1. The molecule has 4 nitrogen and oxygen atoms in total. The Morgan fingerprint density at radius 3 is 2.50 bits per heavy atom. The standard InChI is InChI=1S/C26H20N2O2/c1-30-26(29)21-11-7-8-19(14-21)17-28-18-23(24-12-5-6-13-25(24)28)15-22(16-27)20-9-3-2-4-10-20/h2-15,18H,17H2,1H3/b22-15+. The number of nitrogens with zero attached hydrogens (tertiary/aromatic N) is 2. The maximum Gasteiger partial charge on any atom is 0.337 e. The van der Waals surface area contributed by atoms with Crippen LogP contribution >= 0.6 is 0 Å². The van der Waals surface area contributed by atoms with Gasteiger partial charge in [-0.3, -0.25) is 0 Å². The van der Waals surface area contributed by atoms with Crippen molar-refractivity contribution in [2.45, 2.75) is 6.54 Å². The van der Waals surface area contributed by atoms with Gasteiger partial charge in [-0.15, -0.1) is 0 Å². The van der Waals surface area contributed by atoms with Crippen LogP contribution < -0.4 is 0 Å². The number of methoxy groups -OCH3 is 1. The molecule has 0 aliphatic rings. The van der Waals surface area contributed by atoms with Crippen molar-refractivity contribution in [3.63, 3.8) is 0 Å². The summed E-state index contributed by atoms with van der Waals surface area (Å²) < 4.78 is 6.97. The normalized spacial score (nSPS) is 11.3. The topological polar surface area (TPSA) is 55.0 Å². The van der Waals surface area contributed by atoms with Crippen molar-refractivity contribution in [2.75, 3.05) is 7.11 Å². The number of fused-ring (bicyclic) bond motifs is 1. The van der Waals surface area contributed by atoms with Crippen molar-refractivity contribution in [2.24, 2.45) is 0 Å². The molecule has 146 valence electrons. The van der Waals surface area contributed by atoms with Crippen molar-refractivity contribution in [1.29, 1.82) is 5.26 Å². The molecule has 0 saturated heterocycles. The predicted octanol–water partition coefficient (Wildman–Crippen LogP) is 5.54. The number of hydrogen-bond acceptors (Lipinski definition) is 3. The Balaban J connectivity index is 1.76. The molecule has 4 rings (SSSR count). The number of allylic oxidation sites excluding steroid dienone is 1. The molecule has 0 bridgehead atoms. The van der Waals surface area contributed by atoms with E-state index in [1.807, 2.05) is 66.7 Å². The van der Waals surface area contributed by atoms with Crippen LogP contribution in [0.15, 0.2) is 85.1 Å². The van der Waals surface area contributed by atoms with Crippen molar-refractivity contribution < 1.29 is 9.53 Å². The lowest BCUT2D eigenvalue weighted by Crippen LogP contribution is -2.03. The number of carbonyl (C=O) groups excluding carboxylic acids is 1. The quantitative estimate of drug-likeness (QED) is 0.331. The maximum absolute atomic E-state index is 11.9. The van der Waals surface area contributed by atoms with E-state index in [1.165, 1.54) is 7.11 Å². The van der Waals surface area contributed by atoms with Gasteiger partial charge in [0.15, 0.2) is 0 Å². The Hall–Kier alpha value is -4.10. The number of ether oxygens (including phenoxy) is 1. The van der Waals surface area contributed by atoms with E-state index in [0.29, 0.717) is 17.7 Å². The molecule has 0 N–H and O–H groups in total. The van der Waals surface area contributed by atoms with Crippen LogP contribution in [0.5, 0.6) is 0 Å². The lowest BCUT2D eigenvalue weighted by atomic mass is 10.0. The van der Waals surface area contributed by atoms with E-state index in [1.54, 1.807) is 6.07 Å². The van der Waals surface area contributed by atoms with E-state index in [4.69, 9.17) is 4.74 Å². The van der Waals surface area contributed by atoms with Gasteiger partial charge in [0, 0.05) is 29.2 Å². The van der Waals surface area contributed by atoms with Crippen molar-refractivity contribution in [3.05, 3.63) is 107 Å². The second-order valence-electron chi connectivity index (χ2n) is 6.96. The van der Waals surface area contributed by atoms with E-state index >= 15 is 0 Å². The number of rotatable bonds is 5. The van der Waals surface area contributed by atoms with Crippen LogP contribution in [0.4, 0.5) is 0 Å². The molecule has 3 aromatic carbocycles. The molecule has 0 aliphatic carbocycles. The smallest absolute Gasteiger partial charge is 0.337 e. The molecule has 4 aromatic rings. The van der Waals surface area contributed by atoms with Gasteiger partial charge in [0.1, 0.15) is 0 Å². The van der Waals surface area contributed by atoms with Gasteiger partial charge in [0.2, 0.25) is 0 Å². The van der Waals surface area contributed by atoms with Crippen molar-refractivity contribution in [3.8, 4) is 6.07 Å². The lowest BCUT2D eigenvalue weighted by Gasteiger charge is -2.07. The number of nitriles is 1. The fourth-order valence-corrected chi connectivity index (χ4v) is 3.59. The maximum atomic E-state index is 11.9. The van der Waals surface area contributed by atoms with Crippen LogP contribution in [0.2, 0.25) is 0 Å². The zero-order valence-corrected chi connectivity index (χ0v) is 16.6. The van der Waals surface area contributed by atoms with Crippen LogP contribution in [0.25, 0.3) is 22.6 Å².